The zero-order valence-electron chi connectivity index (χ0n) is 18.8. The molecule has 2 N–H and O–H groups in total. The maximum atomic E-state index is 13.4. The SMILES string of the molecule is CC(C)(C)[C@@H]1CCc2c(sc(NS(=O)(=O)c3ccccc3)c2C(=O)Nc2ccc(Cl)cc2)C1. The first-order valence-electron chi connectivity index (χ1n) is 10.8. The predicted molar refractivity (Wildman–Crippen MR) is 136 cm³/mol. The summed E-state index contributed by atoms with van der Waals surface area (Å²) in [7, 11) is -3.83. The lowest BCUT2D eigenvalue weighted by Crippen LogP contribution is -2.27. The van der Waals surface area contributed by atoms with E-state index in [4.69, 9.17) is 11.6 Å². The van der Waals surface area contributed by atoms with Crippen molar-refractivity contribution in [3.63, 3.8) is 0 Å². The number of anilines is 2. The highest BCUT2D eigenvalue weighted by Gasteiger charge is 2.34. The van der Waals surface area contributed by atoms with Crippen LogP contribution in [0, 0.1) is 11.3 Å². The summed E-state index contributed by atoms with van der Waals surface area (Å²) >= 11 is 7.33. The molecule has 3 aromatic rings. The van der Waals surface area contributed by atoms with E-state index in [2.05, 4.69) is 30.8 Å². The molecule has 0 saturated heterocycles. The van der Waals surface area contributed by atoms with Crippen LogP contribution in [0.2, 0.25) is 5.02 Å². The fraction of sp³-hybridized carbons (Fsp3) is 0.320. The average molecular weight is 503 g/mol. The highest BCUT2D eigenvalue weighted by molar-refractivity contribution is 7.93. The van der Waals surface area contributed by atoms with Gasteiger partial charge in [-0.1, -0.05) is 50.6 Å². The van der Waals surface area contributed by atoms with Crippen LogP contribution in [0.5, 0.6) is 0 Å². The van der Waals surface area contributed by atoms with Crippen molar-refractivity contribution in [3.05, 3.63) is 75.6 Å². The van der Waals surface area contributed by atoms with E-state index in [0.717, 1.165) is 29.7 Å². The Bertz CT molecular complexity index is 1260. The summed E-state index contributed by atoms with van der Waals surface area (Å²) in [6.07, 6.45) is 2.53. The van der Waals surface area contributed by atoms with Crippen LogP contribution in [-0.2, 0) is 22.9 Å². The van der Waals surface area contributed by atoms with Crippen LogP contribution in [0.4, 0.5) is 10.7 Å². The van der Waals surface area contributed by atoms with Crippen molar-refractivity contribution in [1.29, 1.82) is 0 Å². The number of rotatable bonds is 5. The number of halogens is 1. The second kappa shape index (κ2) is 9.12. The van der Waals surface area contributed by atoms with Crippen molar-refractivity contribution < 1.29 is 13.2 Å². The number of nitrogens with one attached hydrogen (secondary N) is 2. The quantitative estimate of drug-likeness (QED) is 0.412. The van der Waals surface area contributed by atoms with Gasteiger partial charge in [-0.15, -0.1) is 11.3 Å². The van der Waals surface area contributed by atoms with E-state index >= 15 is 0 Å². The minimum absolute atomic E-state index is 0.136. The van der Waals surface area contributed by atoms with Gasteiger partial charge in [0.2, 0.25) is 0 Å². The van der Waals surface area contributed by atoms with Gasteiger partial charge in [0, 0.05) is 15.6 Å². The first kappa shape index (κ1) is 23.8. The Labute approximate surface area is 204 Å². The largest absolute Gasteiger partial charge is 0.322 e. The van der Waals surface area contributed by atoms with E-state index < -0.39 is 10.0 Å². The van der Waals surface area contributed by atoms with E-state index in [1.165, 1.54) is 11.3 Å². The number of fused-ring (bicyclic) bond motifs is 1. The molecule has 8 heteroatoms. The number of benzene rings is 2. The molecular weight excluding hydrogens is 476 g/mol. The number of carbonyl (C=O) groups excluding carboxylic acids is 1. The number of sulfonamides is 1. The van der Waals surface area contributed by atoms with Gasteiger partial charge in [0.25, 0.3) is 15.9 Å². The van der Waals surface area contributed by atoms with Crippen molar-refractivity contribution >= 4 is 49.6 Å². The lowest BCUT2D eigenvalue weighted by atomic mass is 9.72. The molecule has 0 spiro atoms. The minimum atomic E-state index is -3.83. The Hall–Kier alpha value is -2.35. The molecule has 0 fully saturated rings. The molecule has 5 nitrogen and oxygen atoms in total. The number of carbonyl (C=O) groups is 1. The Kier molecular flexibility index (Phi) is 6.58. The van der Waals surface area contributed by atoms with E-state index in [1.54, 1.807) is 54.6 Å². The van der Waals surface area contributed by atoms with Gasteiger partial charge in [-0.25, -0.2) is 8.42 Å². The third-order valence-corrected chi connectivity index (χ3v) is 9.02. The molecular formula is C25H27ClN2O3S2. The second-order valence-electron chi connectivity index (χ2n) is 9.39. The lowest BCUT2D eigenvalue weighted by molar-refractivity contribution is 0.102. The van der Waals surface area contributed by atoms with E-state index in [-0.39, 0.29) is 16.2 Å². The van der Waals surface area contributed by atoms with E-state index in [9.17, 15) is 13.2 Å². The van der Waals surface area contributed by atoms with Gasteiger partial charge in [0.05, 0.1) is 10.5 Å². The van der Waals surface area contributed by atoms with Crippen molar-refractivity contribution in [1.82, 2.24) is 0 Å². The number of hydrogen-bond donors (Lipinski definition) is 2. The van der Waals surface area contributed by atoms with E-state index in [0.29, 0.717) is 27.2 Å². The van der Waals surface area contributed by atoms with Crippen molar-refractivity contribution in [2.45, 2.75) is 44.9 Å². The van der Waals surface area contributed by atoms with Crippen LogP contribution in [0.3, 0.4) is 0 Å². The maximum absolute atomic E-state index is 13.4. The summed E-state index contributed by atoms with van der Waals surface area (Å²) in [6.45, 7) is 6.68. The second-order valence-corrected chi connectivity index (χ2v) is 12.6. The topological polar surface area (TPSA) is 75.3 Å². The van der Waals surface area contributed by atoms with Gasteiger partial charge in [0.15, 0.2) is 0 Å². The van der Waals surface area contributed by atoms with Gasteiger partial charge < -0.3 is 5.32 Å². The smallest absolute Gasteiger partial charge is 0.262 e. The molecule has 33 heavy (non-hydrogen) atoms. The molecule has 2 aromatic carbocycles. The molecule has 174 valence electrons. The zero-order valence-corrected chi connectivity index (χ0v) is 21.2. The van der Waals surface area contributed by atoms with Gasteiger partial charge in [0.1, 0.15) is 5.00 Å². The monoisotopic (exact) mass is 502 g/mol. The average Bonchev–Trinajstić information content (AvgIpc) is 3.11. The maximum Gasteiger partial charge on any atom is 0.262 e. The minimum Gasteiger partial charge on any atom is -0.322 e. The molecule has 1 heterocycles. The van der Waals surface area contributed by atoms with Crippen LogP contribution in [-0.4, -0.2) is 14.3 Å². The Morgan fingerprint density at radius 1 is 1.06 bits per heavy atom. The fourth-order valence-electron chi connectivity index (χ4n) is 4.14. The summed E-state index contributed by atoms with van der Waals surface area (Å²) in [4.78, 5) is 14.6. The number of thiophene rings is 1. The fourth-order valence-corrected chi connectivity index (χ4v) is 6.92. The molecule has 0 radical (unpaired) electrons. The molecule has 1 aromatic heterocycles. The van der Waals surface area contributed by atoms with Crippen LogP contribution in [0.25, 0.3) is 0 Å². The highest BCUT2D eigenvalue weighted by atomic mass is 35.5. The molecule has 1 amide bonds. The van der Waals surface area contributed by atoms with Crippen LogP contribution < -0.4 is 10.0 Å². The normalized spacial score (nSPS) is 16.2. The first-order valence-corrected chi connectivity index (χ1v) is 13.5. The van der Waals surface area contributed by atoms with Gasteiger partial charge in [-0.2, -0.15) is 0 Å². The first-order chi connectivity index (χ1) is 15.5. The zero-order chi connectivity index (χ0) is 23.8. The van der Waals surface area contributed by atoms with Crippen LogP contribution in [0.15, 0.2) is 59.5 Å². The standard InChI is InChI=1S/C25H27ClN2O3S2/c1-25(2,3)16-9-14-20-21(15-16)32-24(28-33(30,31)19-7-5-4-6-8-19)22(20)23(29)27-18-12-10-17(26)11-13-18/h4-8,10-13,16,28H,9,14-15H2,1-3H3,(H,27,29)/t16-/m1/s1. The molecule has 0 aliphatic heterocycles. The van der Waals surface area contributed by atoms with Crippen LogP contribution >= 0.6 is 22.9 Å². The number of hydrogen-bond acceptors (Lipinski definition) is 4. The van der Waals surface area contributed by atoms with Gasteiger partial charge >= 0.3 is 0 Å². The summed E-state index contributed by atoms with van der Waals surface area (Å²) in [5.74, 6) is 0.143. The van der Waals surface area contributed by atoms with Gasteiger partial charge in [-0.05, 0) is 72.6 Å². The van der Waals surface area contributed by atoms with Gasteiger partial charge in [-0.3, -0.25) is 9.52 Å². The molecule has 0 saturated carbocycles. The number of amides is 1. The third kappa shape index (κ3) is 5.26. The lowest BCUT2D eigenvalue weighted by Gasteiger charge is -2.33. The van der Waals surface area contributed by atoms with Crippen molar-refractivity contribution in [2.75, 3.05) is 10.0 Å². The molecule has 0 bridgehead atoms. The Balaban J connectivity index is 1.72. The molecule has 0 unspecified atom stereocenters. The Morgan fingerprint density at radius 3 is 2.36 bits per heavy atom. The molecule has 1 atom stereocenters. The molecule has 4 rings (SSSR count). The van der Waals surface area contributed by atoms with Crippen molar-refractivity contribution in [2.24, 2.45) is 11.3 Å². The van der Waals surface area contributed by atoms with Crippen molar-refractivity contribution in [3.8, 4) is 0 Å². The molecule has 1 aliphatic carbocycles. The van der Waals surface area contributed by atoms with E-state index in [1.807, 2.05) is 0 Å². The predicted octanol–water partition coefficient (Wildman–Crippen LogP) is 6.61. The highest BCUT2D eigenvalue weighted by Crippen LogP contribution is 2.45. The third-order valence-electron chi connectivity index (χ3n) is 6.10. The summed E-state index contributed by atoms with van der Waals surface area (Å²) in [5.41, 5.74) is 2.09. The Morgan fingerprint density at radius 2 is 1.73 bits per heavy atom. The molecule has 1 aliphatic rings. The summed E-state index contributed by atoms with van der Waals surface area (Å²) in [6, 6.07) is 15.1. The van der Waals surface area contributed by atoms with Crippen LogP contribution in [0.1, 0.15) is 48.0 Å². The summed E-state index contributed by atoms with van der Waals surface area (Å²) in [5, 5.41) is 3.84. The summed E-state index contributed by atoms with van der Waals surface area (Å²) < 4.78 is 28.8.